The summed E-state index contributed by atoms with van der Waals surface area (Å²) in [6, 6.07) is 7.96. The number of benzene rings is 3. The number of hydrogen-bond acceptors (Lipinski definition) is 5. The molecule has 0 radical (unpaired) electrons. The van der Waals surface area contributed by atoms with Crippen LogP contribution < -0.4 is 14.4 Å². The highest BCUT2D eigenvalue weighted by molar-refractivity contribution is 6.08. The van der Waals surface area contributed by atoms with Crippen molar-refractivity contribution < 1.29 is 42.1 Å². The van der Waals surface area contributed by atoms with Gasteiger partial charge in [-0.05, 0) is 130 Å². The molecule has 2 aliphatic rings. The van der Waals surface area contributed by atoms with Gasteiger partial charge in [-0.2, -0.15) is 13.2 Å². The van der Waals surface area contributed by atoms with Crippen LogP contribution in [0, 0.1) is 20.8 Å². The number of fused-ring (bicyclic) bond motifs is 2. The number of aryl methyl sites for hydroxylation is 2. The summed E-state index contributed by atoms with van der Waals surface area (Å²) in [4.78, 5) is 28.3. The molecular formula is C35H38F3NO6. The number of anilines is 1. The highest BCUT2D eigenvalue weighted by Gasteiger charge is 2.41. The van der Waals surface area contributed by atoms with Gasteiger partial charge in [0.25, 0.3) is 5.91 Å². The molecular weight excluding hydrogens is 587 g/mol. The topological polar surface area (TPSA) is 85.3 Å². The zero-order valence-electron chi connectivity index (χ0n) is 26.6. The van der Waals surface area contributed by atoms with E-state index in [0.717, 1.165) is 11.6 Å². The molecule has 3 aromatic rings. The van der Waals surface area contributed by atoms with Crippen LogP contribution in [0.1, 0.15) is 82.6 Å². The molecule has 2 aliphatic heterocycles. The molecule has 7 nitrogen and oxygen atoms in total. The van der Waals surface area contributed by atoms with Gasteiger partial charge in [0.2, 0.25) is 0 Å². The molecule has 3 aromatic carbocycles. The highest BCUT2D eigenvalue weighted by atomic mass is 19.4. The van der Waals surface area contributed by atoms with E-state index in [2.05, 4.69) is 0 Å². The number of carbonyl (C=O) groups is 2. The van der Waals surface area contributed by atoms with E-state index >= 15 is 0 Å². The lowest BCUT2D eigenvalue weighted by Crippen LogP contribution is -2.30. The molecule has 0 saturated carbocycles. The lowest BCUT2D eigenvalue weighted by Gasteiger charge is -2.31. The fourth-order valence-electron chi connectivity index (χ4n) is 6.48. The smallest absolute Gasteiger partial charge is 0.419 e. The molecule has 1 amide bonds. The Labute approximate surface area is 260 Å². The van der Waals surface area contributed by atoms with E-state index in [9.17, 15) is 27.9 Å². The first-order chi connectivity index (χ1) is 21.0. The summed E-state index contributed by atoms with van der Waals surface area (Å²) >= 11 is 0. The third-order valence-electron chi connectivity index (χ3n) is 8.44. The van der Waals surface area contributed by atoms with Crippen LogP contribution in [-0.2, 0) is 28.5 Å². The first-order valence-corrected chi connectivity index (χ1v) is 14.9. The standard InChI is InChI=1S/C35H38F3NO6/c1-18-15-21(10-11-27(18)43-7)32(40)39-13-12-23-26(39)16-19(2)28(31(33(41)42)45-34(4,5)6)29(23)24-17-25(35(36,37)38)30-22(20(24)3)9-8-14-44-30/h10-11,15-17,31H,8-9,12-14H2,1-7H3,(H,41,42). The van der Waals surface area contributed by atoms with Crippen LogP contribution in [0.15, 0.2) is 30.3 Å². The van der Waals surface area contributed by atoms with Crippen LogP contribution in [0.5, 0.6) is 11.5 Å². The summed E-state index contributed by atoms with van der Waals surface area (Å²) in [5.74, 6) is -1.07. The fourth-order valence-corrected chi connectivity index (χ4v) is 6.48. The maximum absolute atomic E-state index is 14.5. The van der Waals surface area contributed by atoms with Gasteiger partial charge in [-0.3, -0.25) is 4.79 Å². The lowest BCUT2D eigenvalue weighted by molar-refractivity contribution is -0.160. The van der Waals surface area contributed by atoms with Crippen LogP contribution in [0.3, 0.4) is 0 Å². The number of rotatable bonds is 6. The molecule has 2 heterocycles. The summed E-state index contributed by atoms with van der Waals surface area (Å²) < 4.78 is 60.6. The van der Waals surface area contributed by atoms with Crippen molar-refractivity contribution in [3.8, 4) is 22.6 Å². The largest absolute Gasteiger partial charge is 0.496 e. The van der Waals surface area contributed by atoms with E-state index < -0.39 is 29.4 Å². The third-order valence-corrected chi connectivity index (χ3v) is 8.44. The van der Waals surface area contributed by atoms with E-state index in [0.29, 0.717) is 64.1 Å². The van der Waals surface area contributed by atoms with E-state index in [1.807, 2.05) is 6.92 Å². The summed E-state index contributed by atoms with van der Waals surface area (Å²) in [6.07, 6.45) is -4.92. The Morgan fingerprint density at radius 2 is 1.71 bits per heavy atom. The average Bonchev–Trinajstić information content (AvgIpc) is 3.37. The minimum atomic E-state index is -4.71. The van der Waals surface area contributed by atoms with Crippen molar-refractivity contribution in [3.05, 3.63) is 74.8 Å². The van der Waals surface area contributed by atoms with Crippen molar-refractivity contribution in [2.75, 3.05) is 25.2 Å². The molecule has 0 bridgehead atoms. The molecule has 1 atom stereocenters. The van der Waals surface area contributed by atoms with Gasteiger partial charge in [-0.15, -0.1) is 0 Å². The number of alkyl halides is 3. The second kappa shape index (κ2) is 11.7. The number of methoxy groups -OCH3 is 1. The fraction of sp³-hybridized carbons (Fsp3) is 0.429. The molecule has 5 rings (SSSR count). The maximum Gasteiger partial charge on any atom is 0.419 e. The number of aliphatic carboxylic acids is 1. The van der Waals surface area contributed by atoms with Crippen molar-refractivity contribution in [2.45, 2.75) is 78.7 Å². The van der Waals surface area contributed by atoms with E-state index in [4.69, 9.17) is 14.2 Å². The summed E-state index contributed by atoms with van der Waals surface area (Å²) in [6.45, 7) is 10.9. The number of halogens is 3. The lowest BCUT2D eigenvalue weighted by atomic mass is 9.82. The number of hydrogen-bond donors (Lipinski definition) is 1. The van der Waals surface area contributed by atoms with Crippen LogP contribution in [0.25, 0.3) is 11.1 Å². The predicted molar refractivity (Wildman–Crippen MR) is 164 cm³/mol. The van der Waals surface area contributed by atoms with Crippen LogP contribution in [-0.4, -0.2) is 42.8 Å². The van der Waals surface area contributed by atoms with Crippen molar-refractivity contribution >= 4 is 17.6 Å². The molecule has 0 aliphatic carbocycles. The number of ether oxygens (including phenoxy) is 3. The Morgan fingerprint density at radius 1 is 1.00 bits per heavy atom. The molecule has 1 unspecified atom stereocenters. The number of carboxylic acid groups (broad SMARTS) is 1. The van der Waals surface area contributed by atoms with E-state index in [-0.39, 0.29) is 35.9 Å². The Hall–Kier alpha value is -4.05. The van der Waals surface area contributed by atoms with Gasteiger partial charge in [-0.25, -0.2) is 4.79 Å². The van der Waals surface area contributed by atoms with Crippen LogP contribution in [0.2, 0.25) is 0 Å². The second-order valence-electron chi connectivity index (χ2n) is 12.7. The normalized spacial score (nSPS) is 15.3. The SMILES string of the molecule is COc1ccc(C(=O)N2CCc3c2cc(C)c(C(OC(C)(C)C)C(=O)O)c3-c2cc(C(F)(F)F)c3c(c2C)CCCO3)cc1C. The Morgan fingerprint density at radius 3 is 2.31 bits per heavy atom. The van der Waals surface area contributed by atoms with Gasteiger partial charge in [0.05, 0.1) is 24.9 Å². The second-order valence-corrected chi connectivity index (χ2v) is 12.7. The van der Waals surface area contributed by atoms with Crippen molar-refractivity contribution in [1.29, 1.82) is 0 Å². The first-order valence-electron chi connectivity index (χ1n) is 14.9. The summed E-state index contributed by atoms with van der Waals surface area (Å²) in [5, 5.41) is 10.4. The highest BCUT2D eigenvalue weighted by Crippen LogP contribution is 2.50. The Bertz CT molecular complexity index is 1690. The van der Waals surface area contributed by atoms with Gasteiger partial charge >= 0.3 is 12.1 Å². The monoisotopic (exact) mass is 625 g/mol. The average molecular weight is 626 g/mol. The zero-order valence-corrected chi connectivity index (χ0v) is 26.6. The first kappa shape index (κ1) is 32.3. The summed E-state index contributed by atoms with van der Waals surface area (Å²) in [7, 11) is 1.55. The van der Waals surface area contributed by atoms with Crippen molar-refractivity contribution in [3.63, 3.8) is 0 Å². The molecule has 0 aromatic heterocycles. The molecule has 10 heteroatoms. The van der Waals surface area contributed by atoms with Gasteiger partial charge in [0.1, 0.15) is 11.5 Å². The van der Waals surface area contributed by atoms with Crippen LogP contribution >= 0.6 is 0 Å². The summed E-state index contributed by atoms with van der Waals surface area (Å²) in [5.41, 5.74) is 3.01. The van der Waals surface area contributed by atoms with Gasteiger partial charge in [0, 0.05) is 23.4 Å². The predicted octanol–water partition coefficient (Wildman–Crippen LogP) is 7.77. The Balaban J connectivity index is 1.80. The minimum Gasteiger partial charge on any atom is -0.496 e. The quantitative estimate of drug-likeness (QED) is 0.301. The maximum atomic E-state index is 14.5. The third kappa shape index (κ3) is 6.00. The van der Waals surface area contributed by atoms with E-state index in [1.165, 1.54) is 0 Å². The van der Waals surface area contributed by atoms with Crippen LogP contribution in [0.4, 0.5) is 18.9 Å². The number of carboxylic acids is 1. The zero-order chi connectivity index (χ0) is 33.0. The molecule has 240 valence electrons. The minimum absolute atomic E-state index is 0.173. The molecule has 0 spiro atoms. The van der Waals surface area contributed by atoms with Gasteiger partial charge < -0.3 is 24.2 Å². The molecule has 0 saturated heterocycles. The van der Waals surface area contributed by atoms with Crippen molar-refractivity contribution in [1.82, 2.24) is 0 Å². The Kier molecular flexibility index (Phi) is 8.42. The molecule has 0 fully saturated rings. The van der Waals surface area contributed by atoms with E-state index in [1.54, 1.807) is 70.9 Å². The number of carbonyl (C=O) groups excluding carboxylic acids is 1. The molecule has 45 heavy (non-hydrogen) atoms. The van der Waals surface area contributed by atoms with Gasteiger partial charge in [-0.1, -0.05) is 0 Å². The molecule has 1 N–H and O–H groups in total. The number of nitrogens with zero attached hydrogens (tertiary/aromatic N) is 1. The van der Waals surface area contributed by atoms with Gasteiger partial charge in [0.15, 0.2) is 6.10 Å². The van der Waals surface area contributed by atoms with Crippen molar-refractivity contribution in [2.24, 2.45) is 0 Å². The number of amides is 1.